The third kappa shape index (κ3) is 5.82. The summed E-state index contributed by atoms with van der Waals surface area (Å²) in [5, 5.41) is -0.196. The Morgan fingerprint density at radius 1 is 1.15 bits per heavy atom. The molecule has 0 atom stereocenters. The molecule has 2 rings (SSSR count). The smallest absolute Gasteiger partial charge is 0.417 e. The van der Waals surface area contributed by atoms with Gasteiger partial charge in [0.2, 0.25) is 5.88 Å². The topological polar surface area (TPSA) is 31.4 Å². The van der Waals surface area contributed by atoms with Gasteiger partial charge in [-0.25, -0.2) is 4.98 Å². The zero-order valence-electron chi connectivity index (χ0n) is 12.4. The van der Waals surface area contributed by atoms with Crippen LogP contribution in [0.5, 0.6) is 17.4 Å². The molecule has 11 heteroatoms. The van der Waals surface area contributed by atoms with Crippen LogP contribution in [0.1, 0.15) is 5.56 Å². The van der Waals surface area contributed by atoms with E-state index in [1.165, 1.54) is 18.2 Å². The molecule has 2 aromatic rings. The van der Waals surface area contributed by atoms with Crippen molar-refractivity contribution in [2.75, 3.05) is 6.61 Å². The second kappa shape index (κ2) is 8.89. The molecule has 0 unspecified atom stereocenters. The number of benzene rings is 1. The van der Waals surface area contributed by atoms with Crippen LogP contribution in [0.15, 0.2) is 39.4 Å². The van der Waals surface area contributed by atoms with Gasteiger partial charge in [0.1, 0.15) is 21.9 Å². The molecule has 0 bridgehead atoms. The second-order valence-electron chi connectivity index (χ2n) is 4.63. The van der Waals surface area contributed by atoms with Crippen molar-refractivity contribution in [1.82, 2.24) is 4.98 Å². The Balaban J connectivity index is 2.23. The molecule has 3 nitrogen and oxygen atoms in total. The Kier molecular flexibility index (Phi) is 7.33. The van der Waals surface area contributed by atoms with Crippen LogP contribution in [0.4, 0.5) is 13.2 Å². The monoisotopic (exact) mass is 509 g/mol. The highest BCUT2D eigenvalue weighted by atomic mass is 79.9. The van der Waals surface area contributed by atoms with Crippen molar-refractivity contribution in [2.45, 2.75) is 6.18 Å². The number of rotatable bonds is 5. The molecule has 26 heavy (non-hydrogen) atoms. The predicted molar refractivity (Wildman–Crippen MR) is 98.8 cm³/mol. The van der Waals surface area contributed by atoms with E-state index in [0.717, 1.165) is 0 Å². The van der Waals surface area contributed by atoms with Gasteiger partial charge in [-0.1, -0.05) is 46.4 Å². The molecule has 1 aromatic carbocycles. The SMILES string of the molecule is FC(F)(F)c1cnc(Oc2c(Cl)cc(OCC=C(Cl)Cl)cc2Br)c(Cl)c1. The lowest BCUT2D eigenvalue weighted by molar-refractivity contribution is -0.137. The average Bonchev–Trinajstić information content (AvgIpc) is 2.50. The summed E-state index contributed by atoms with van der Waals surface area (Å²) in [6.07, 6.45) is -2.52. The summed E-state index contributed by atoms with van der Waals surface area (Å²) in [6.45, 7) is 0.109. The second-order valence-corrected chi connectivity index (χ2v) is 7.31. The molecule has 0 N–H and O–H groups in total. The van der Waals surface area contributed by atoms with Crippen molar-refractivity contribution in [3.63, 3.8) is 0 Å². The number of halogens is 8. The first-order valence-electron chi connectivity index (χ1n) is 6.61. The summed E-state index contributed by atoms with van der Waals surface area (Å²) in [4.78, 5) is 3.59. The standard InChI is InChI=1S/C15H7BrCl4F3NO2/c16-9-4-8(25-2-1-12(19)20)5-10(17)13(9)26-14-11(18)3-7(6-24-14)15(21,22)23/h1,3-6H,2H2. The van der Waals surface area contributed by atoms with E-state index in [1.807, 2.05) is 0 Å². The number of nitrogens with zero attached hydrogens (tertiary/aromatic N) is 1. The van der Waals surface area contributed by atoms with Gasteiger partial charge in [0.25, 0.3) is 0 Å². The highest BCUT2D eigenvalue weighted by molar-refractivity contribution is 9.10. The summed E-state index contributed by atoms with van der Waals surface area (Å²) in [5.74, 6) is 0.262. The zero-order valence-corrected chi connectivity index (χ0v) is 17.0. The Labute approximate surface area is 174 Å². The Morgan fingerprint density at radius 2 is 1.85 bits per heavy atom. The van der Waals surface area contributed by atoms with Crippen molar-refractivity contribution >= 4 is 62.3 Å². The highest BCUT2D eigenvalue weighted by Crippen LogP contribution is 2.41. The Bertz CT molecular complexity index is 819. The van der Waals surface area contributed by atoms with E-state index in [1.54, 1.807) is 0 Å². The molecule has 1 aromatic heterocycles. The summed E-state index contributed by atoms with van der Waals surface area (Å²) in [7, 11) is 0. The summed E-state index contributed by atoms with van der Waals surface area (Å²) in [6, 6.07) is 3.69. The van der Waals surface area contributed by atoms with Gasteiger partial charge in [-0.2, -0.15) is 13.2 Å². The minimum absolute atomic E-state index is 0.0538. The summed E-state index contributed by atoms with van der Waals surface area (Å²) >= 11 is 26.1. The van der Waals surface area contributed by atoms with Gasteiger partial charge >= 0.3 is 6.18 Å². The Morgan fingerprint density at radius 3 is 2.38 bits per heavy atom. The molecule has 0 aliphatic rings. The third-order valence-electron chi connectivity index (χ3n) is 2.79. The van der Waals surface area contributed by atoms with Crippen molar-refractivity contribution in [1.29, 1.82) is 0 Å². The molecular formula is C15H7BrCl4F3NO2. The van der Waals surface area contributed by atoms with Gasteiger partial charge in [0.15, 0.2) is 5.75 Å². The van der Waals surface area contributed by atoms with E-state index < -0.39 is 11.7 Å². The van der Waals surface area contributed by atoms with Gasteiger partial charge in [0.05, 0.1) is 15.1 Å². The van der Waals surface area contributed by atoms with E-state index in [4.69, 9.17) is 55.9 Å². The summed E-state index contributed by atoms with van der Waals surface area (Å²) < 4.78 is 49.2. The number of hydrogen-bond donors (Lipinski definition) is 0. The zero-order chi connectivity index (χ0) is 19.5. The van der Waals surface area contributed by atoms with Crippen molar-refractivity contribution in [3.05, 3.63) is 55.0 Å². The average molecular weight is 512 g/mol. The van der Waals surface area contributed by atoms with Crippen LogP contribution in [0, 0.1) is 0 Å². The minimum atomic E-state index is -4.56. The number of ether oxygens (including phenoxy) is 2. The van der Waals surface area contributed by atoms with Gasteiger partial charge in [-0.15, -0.1) is 0 Å². The molecule has 0 aliphatic heterocycles. The minimum Gasteiger partial charge on any atom is -0.489 e. The molecule has 0 saturated heterocycles. The first-order valence-corrected chi connectivity index (χ1v) is 8.92. The molecule has 0 amide bonds. The maximum atomic E-state index is 12.6. The van der Waals surface area contributed by atoms with Crippen LogP contribution in [0.3, 0.4) is 0 Å². The lowest BCUT2D eigenvalue weighted by Gasteiger charge is -2.13. The fraction of sp³-hybridized carbons (Fsp3) is 0.133. The number of alkyl halides is 3. The van der Waals surface area contributed by atoms with Gasteiger partial charge in [-0.05, 0) is 34.1 Å². The van der Waals surface area contributed by atoms with Crippen LogP contribution < -0.4 is 9.47 Å². The summed E-state index contributed by atoms with van der Waals surface area (Å²) in [5.41, 5.74) is -0.991. The fourth-order valence-electron chi connectivity index (χ4n) is 1.67. The van der Waals surface area contributed by atoms with Gasteiger partial charge in [-0.3, -0.25) is 0 Å². The molecule has 0 aliphatic carbocycles. The lowest BCUT2D eigenvalue weighted by atomic mass is 10.3. The third-order valence-corrected chi connectivity index (χ3v) is 4.24. The number of pyridine rings is 1. The van der Waals surface area contributed by atoms with Crippen LogP contribution >= 0.6 is 62.3 Å². The van der Waals surface area contributed by atoms with E-state index in [9.17, 15) is 13.2 Å². The van der Waals surface area contributed by atoms with Crippen LogP contribution in [0.2, 0.25) is 10.0 Å². The quantitative estimate of drug-likeness (QED) is 0.413. The van der Waals surface area contributed by atoms with Crippen LogP contribution in [-0.2, 0) is 6.18 Å². The van der Waals surface area contributed by atoms with E-state index in [2.05, 4.69) is 20.9 Å². The van der Waals surface area contributed by atoms with Crippen LogP contribution in [-0.4, -0.2) is 11.6 Å². The van der Waals surface area contributed by atoms with E-state index >= 15 is 0 Å². The Hall–Kier alpha value is -0.860. The maximum Gasteiger partial charge on any atom is 0.417 e. The molecule has 1 heterocycles. The van der Waals surface area contributed by atoms with Crippen LogP contribution in [0.25, 0.3) is 0 Å². The van der Waals surface area contributed by atoms with Gasteiger partial charge < -0.3 is 9.47 Å². The van der Waals surface area contributed by atoms with E-state index in [0.29, 0.717) is 22.5 Å². The predicted octanol–water partition coefficient (Wildman–Crippen LogP) is 7.66. The van der Waals surface area contributed by atoms with Crippen molar-refractivity contribution < 1.29 is 22.6 Å². The number of aromatic nitrogens is 1. The van der Waals surface area contributed by atoms with Gasteiger partial charge in [0, 0.05) is 12.3 Å². The molecular weight excluding hydrogens is 505 g/mol. The van der Waals surface area contributed by atoms with Crippen molar-refractivity contribution in [2.24, 2.45) is 0 Å². The first-order chi connectivity index (χ1) is 12.1. The first kappa shape index (κ1) is 21.4. The van der Waals surface area contributed by atoms with E-state index in [-0.39, 0.29) is 32.8 Å². The molecule has 0 saturated carbocycles. The fourth-order valence-corrected chi connectivity index (χ4v) is 2.88. The van der Waals surface area contributed by atoms with Crippen molar-refractivity contribution in [3.8, 4) is 17.4 Å². The molecule has 0 fully saturated rings. The highest BCUT2D eigenvalue weighted by Gasteiger charge is 2.32. The lowest BCUT2D eigenvalue weighted by Crippen LogP contribution is -2.06. The normalized spacial score (nSPS) is 11.2. The molecule has 0 radical (unpaired) electrons. The molecule has 140 valence electrons. The number of hydrogen-bond acceptors (Lipinski definition) is 3. The molecule has 0 spiro atoms. The largest absolute Gasteiger partial charge is 0.489 e. The maximum absolute atomic E-state index is 12.6.